The maximum absolute atomic E-state index is 12.7. The molecule has 4 heteroatoms. The Hall–Kier alpha value is -1.29. The normalized spacial score (nSPS) is 11.4. The lowest BCUT2D eigenvalue weighted by atomic mass is 10.0. The summed E-state index contributed by atoms with van der Waals surface area (Å²) in [5.41, 5.74) is -0.156. The van der Waals surface area contributed by atoms with Gasteiger partial charge >= 0.3 is 0 Å². The van der Waals surface area contributed by atoms with Gasteiger partial charge in [0.15, 0.2) is 0 Å². The Morgan fingerprint density at radius 1 is 0.548 bits per heavy atom. The SMILES string of the molecule is CCCCCCCCCCCCCCCCOc1c(CCCCCCCCCCCCCCCC)oc(CO)cc1=O. The van der Waals surface area contributed by atoms with Crippen LogP contribution in [0.1, 0.15) is 205 Å². The molecule has 1 heterocycles. The van der Waals surface area contributed by atoms with Gasteiger partial charge in [-0.3, -0.25) is 4.79 Å². The van der Waals surface area contributed by atoms with Gasteiger partial charge in [-0.15, -0.1) is 0 Å². The monoisotopic (exact) mass is 591 g/mol. The first kappa shape index (κ1) is 38.7. The lowest BCUT2D eigenvalue weighted by Gasteiger charge is -2.11. The Bertz CT molecular complexity index is 756. The molecule has 1 N–H and O–H groups in total. The molecule has 4 nitrogen and oxygen atoms in total. The van der Waals surface area contributed by atoms with Crippen LogP contribution in [0.5, 0.6) is 5.75 Å². The van der Waals surface area contributed by atoms with Crippen molar-refractivity contribution < 1.29 is 14.3 Å². The predicted octanol–water partition coefficient (Wildman–Crippen LogP) is 12.0. The Morgan fingerprint density at radius 3 is 1.29 bits per heavy atom. The second-order valence-corrected chi connectivity index (χ2v) is 12.8. The van der Waals surface area contributed by atoms with Crippen molar-refractivity contribution in [1.29, 1.82) is 0 Å². The van der Waals surface area contributed by atoms with E-state index >= 15 is 0 Å². The first-order valence-electron chi connectivity index (χ1n) is 18.6. The highest BCUT2D eigenvalue weighted by molar-refractivity contribution is 5.26. The van der Waals surface area contributed by atoms with Crippen LogP contribution >= 0.6 is 0 Å². The smallest absolute Gasteiger partial charge is 0.227 e. The van der Waals surface area contributed by atoms with Crippen LogP contribution in [-0.4, -0.2) is 11.7 Å². The molecule has 0 saturated heterocycles. The van der Waals surface area contributed by atoms with E-state index in [1.54, 1.807) is 0 Å². The number of ether oxygens (including phenoxy) is 1. The van der Waals surface area contributed by atoms with Crippen LogP contribution in [0.4, 0.5) is 0 Å². The molecule has 0 amide bonds. The number of unbranched alkanes of at least 4 members (excludes halogenated alkanes) is 26. The summed E-state index contributed by atoms with van der Waals surface area (Å²) in [4.78, 5) is 12.7. The molecule has 0 spiro atoms. The molecule has 0 aliphatic rings. The van der Waals surface area contributed by atoms with Crippen LogP contribution in [-0.2, 0) is 13.0 Å². The minimum absolute atomic E-state index is 0.156. The molecule has 0 atom stereocenters. The molecule has 0 aliphatic carbocycles. The Kier molecular flexibility index (Phi) is 27.5. The zero-order valence-electron chi connectivity index (χ0n) is 28.2. The van der Waals surface area contributed by atoms with Gasteiger partial charge in [-0.05, 0) is 12.8 Å². The van der Waals surface area contributed by atoms with E-state index in [-0.39, 0.29) is 12.0 Å². The van der Waals surface area contributed by atoms with E-state index in [9.17, 15) is 9.90 Å². The number of aryl methyl sites for hydroxylation is 1. The summed E-state index contributed by atoms with van der Waals surface area (Å²) < 4.78 is 11.8. The molecular formula is C38H70O4. The summed E-state index contributed by atoms with van der Waals surface area (Å²) >= 11 is 0. The third-order valence-corrected chi connectivity index (χ3v) is 8.68. The van der Waals surface area contributed by atoms with Gasteiger partial charge in [-0.2, -0.15) is 0 Å². The van der Waals surface area contributed by atoms with Gasteiger partial charge < -0.3 is 14.3 Å². The minimum Gasteiger partial charge on any atom is -0.487 e. The fourth-order valence-electron chi connectivity index (χ4n) is 5.93. The fraction of sp³-hybridized carbons (Fsp3) is 0.868. The first-order chi connectivity index (χ1) is 20.7. The van der Waals surface area contributed by atoms with Crippen LogP contribution in [0.3, 0.4) is 0 Å². The maximum Gasteiger partial charge on any atom is 0.227 e. The summed E-state index contributed by atoms with van der Waals surface area (Å²) in [5.74, 6) is 1.33. The molecule has 0 bridgehead atoms. The van der Waals surface area contributed by atoms with E-state index in [0.717, 1.165) is 25.7 Å². The van der Waals surface area contributed by atoms with E-state index in [4.69, 9.17) is 9.15 Å². The summed E-state index contributed by atoms with van der Waals surface area (Å²) in [6.45, 7) is 4.87. The summed E-state index contributed by atoms with van der Waals surface area (Å²) in [7, 11) is 0. The predicted molar refractivity (Wildman–Crippen MR) is 181 cm³/mol. The molecule has 0 unspecified atom stereocenters. The van der Waals surface area contributed by atoms with Gasteiger partial charge in [-0.25, -0.2) is 0 Å². The molecule has 1 rings (SSSR count). The quantitative estimate of drug-likeness (QED) is 0.0848. The maximum atomic E-state index is 12.7. The molecule has 42 heavy (non-hydrogen) atoms. The van der Waals surface area contributed by atoms with Gasteiger partial charge in [0, 0.05) is 12.5 Å². The van der Waals surface area contributed by atoms with E-state index in [0.29, 0.717) is 30.3 Å². The van der Waals surface area contributed by atoms with Crippen molar-refractivity contribution in [3.63, 3.8) is 0 Å². The highest BCUT2D eigenvalue weighted by atomic mass is 16.5. The van der Waals surface area contributed by atoms with Crippen molar-refractivity contribution in [2.45, 2.75) is 207 Å². The summed E-state index contributed by atoms with van der Waals surface area (Å²) in [5, 5.41) is 9.52. The lowest BCUT2D eigenvalue weighted by Crippen LogP contribution is -2.13. The van der Waals surface area contributed by atoms with Gasteiger partial charge in [0.25, 0.3) is 0 Å². The van der Waals surface area contributed by atoms with Crippen molar-refractivity contribution in [3.05, 3.63) is 27.8 Å². The number of aliphatic hydroxyl groups excluding tert-OH is 1. The Balaban J connectivity index is 2.11. The molecule has 1 aromatic rings. The van der Waals surface area contributed by atoms with Crippen LogP contribution < -0.4 is 10.2 Å². The van der Waals surface area contributed by atoms with Crippen molar-refractivity contribution in [3.8, 4) is 5.75 Å². The van der Waals surface area contributed by atoms with Gasteiger partial charge in [0.1, 0.15) is 18.1 Å². The molecule has 0 aliphatic heterocycles. The van der Waals surface area contributed by atoms with Crippen molar-refractivity contribution in [2.24, 2.45) is 0 Å². The first-order valence-corrected chi connectivity index (χ1v) is 18.6. The summed E-state index contributed by atoms with van der Waals surface area (Å²) in [6.07, 6.45) is 37.8. The minimum atomic E-state index is -0.250. The Labute approximate surface area is 260 Å². The van der Waals surface area contributed by atoms with Gasteiger partial charge in [0.05, 0.1) is 6.61 Å². The van der Waals surface area contributed by atoms with E-state index in [2.05, 4.69) is 13.8 Å². The highest BCUT2D eigenvalue weighted by Crippen LogP contribution is 2.21. The largest absolute Gasteiger partial charge is 0.487 e. The number of aliphatic hydroxyl groups is 1. The standard InChI is InChI=1S/C38H70O4/c1-3-5-7-9-11-13-15-17-19-21-23-25-27-29-31-37-38(36(40)33-35(34-39)42-37)41-32-30-28-26-24-22-20-18-16-14-12-10-8-6-4-2/h33,39H,3-32,34H2,1-2H3. The van der Waals surface area contributed by atoms with Crippen LogP contribution in [0.2, 0.25) is 0 Å². The third kappa shape index (κ3) is 22.3. The summed E-state index contributed by atoms with van der Waals surface area (Å²) in [6, 6.07) is 1.38. The molecule has 0 aromatic carbocycles. The zero-order chi connectivity index (χ0) is 30.4. The van der Waals surface area contributed by atoms with Gasteiger partial charge in [0.2, 0.25) is 11.2 Å². The Morgan fingerprint density at radius 2 is 0.905 bits per heavy atom. The second kappa shape index (κ2) is 29.8. The number of hydrogen-bond donors (Lipinski definition) is 1. The molecule has 0 fully saturated rings. The average Bonchev–Trinajstić information content (AvgIpc) is 3.00. The molecule has 246 valence electrons. The topological polar surface area (TPSA) is 59.7 Å². The van der Waals surface area contributed by atoms with E-state index in [1.807, 2.05) is 0 Å². The van der Waals surface area contributed by atoms with E-state index in [1.165, 1.54) is 160 Å². The van der Waals surface area contributed by atoms with Crippen molar-refractivity contribution in [1.82, 2.24) is 0 Å². The van der Waals surface area contributed by atoms with Crippen LogP contribution in [0.25, 0.3) is 0 Å². The van der Waals surface area contributed by atoms with Gasteiger partial charge in [-0.1, -0.05) is 181 Å². The van der Waals surface area contributed by atoms with E-state index < -0.39 is 0 Å². The fourth-order valence-corrected chi connectivity index (χ4v) is 5.93. The van der Waals surface area contributed by atoms with Crippen molar-refractivity contribution >= 4 is 0 Å². The third-order valence-electron chi connectivity index (χ3n) is 8.68. The molecule has 0 saturated carbocycles. The molecular weight excluding hydrogens is 520 g/mol. The van der Waals surface area contributed by atoms with Crippen molar-refractivity contribution in [2.75, 3.05) is 6.61 Å². The van der Waals surface area contributed by atoms with Crippen LogP contribution in [0, 0.1) is 0 Å². The number of hydrogen-bond acceptors (Lipinski definition) is 4. The lowest BCUT2D eigenvalue weighted by molar-refractivity contribution is 0.228. The zero-order valence-corrected chi connectivity index (χ0v) is 28.2. The second-order valence-electron chi connectivity index (χ2n) is 12.8. The molecule has 1 aromatic heterocycles. The molecule has 0 radical (unpaired) electrons. The highest BCUT2D eigenvalue weighted by Gasteiger charge is 2.13. The average molecular weight is 591 g/mol. The number of rotatable bonds is 32. The van der Waals surface area contributed by atoms with Crippen LogP contribution in [0.15, 0.2) is 15.3 Å².